The second kappa shape index (κ2) is 65.8. The van der Waals surface area contributed by atoms with Gasteiger partial charge in [-0.15, -0.1) is 0 Å². The number of rotatable bonds is 57. The van der Waals surface area contributed by atoms with E-state index in [1.165, 1.54) is 109 Å². The molecule has 0 heterocycles. The Morgan fingerprint density at radius 1 is 0.266 bits per heavy atom. The summed E-state index contributed by atoms with van der Waals surface area (Å²) in [5.74, 6) is -0.982. The summed E-state index contributed by atoms with van der Waals surface area (Å²) in [5, 5.41) is 0. The first kappa shape index (κ1) is 74.3. The van der Waals surface area contributed by atoms with Crippen molar-refractivity contribution in [1.29, 1.82) is 0 Å². The van der Waals surface area contributed by atoms with Crippen LogP contribution >= 0.6 is 0 Å². The average Bonchev–Trinajstić information content (AvgIpc) is 3.45. The molecule has 446 valence electrons. The van der Waals surface area contributed by atoms with Crippen molar-refractivity contribution in [3.05, 3.63) is 146 Å². The fraction of sp³-hybridized carbons (Fsp3) is 0.630. The zero-order valence-corrected chi connectivity index (χ0v) is 51.1. The maximum Gasteiger partial charge on any atom is 0.306 e. The van der Waals surface area contributed by atoms with Crippen LogP contribution in [0.15, 0.2) is 146 Å². The molecule has 0 aliphatic rings. The third-order valence-electron chi connectivity index (χ3n) is 13.3. The van der Waals surface area contributed by atoms with Crippen LogP contribution in [0.4, 0.5) is 0 Å². The van der Waals surface area contributed by atoms with Gasteiger partial charge in [0, 0.05) is 19.3 Å². The number of allylic oxidation sites excluding steroid dienone is 24. The molecule has 0 spiro atoms. The van der Waals surface area contributed by atoms with Gasteiger partial charge in [0.15, 0.2) is 6.10 Å². The molecule has 6 heteroatoms. The lowest BCUT2D eigenvalue weighted by Crippen LogP contribution is -2.30. The van der Waals surface area contributed by atoms with E-state index in [1.807, 2.05) is 0 Å². The van der Waals surface area contributed by atoms with E-state index in [4.69, 9.17) is 14.2 Å². The molecule has 79 heavy (non-hydrogen) atoms. The van der Waals surface area contributed by atoms with E-state index in [2.05, 4.69) is 167 Å². The molecule has 0 aromatic carbocycles. The van der Waals surface area contributed by atoms with E-state index < -0.39 is 6.10 Å². The monoisotopic (exact) mass is 1090 g/mol. The molecule has 0 amide bonds. The van der Waals surface area contributed by atoms with Crippen LogP contribution in [0.1, 0.15) is 278 Å². The maximum atomic E-state index is 12.9. The molecule has 0 aromatic rings. The standard InChI is InChI=1S/C73H118O6/c1-4-7-10-13-16-19-22-25-28-31-33-35-36-38-39-42-45-48-51-54-57-60-63-66-72(75)78-69-70(68-77-71(74)65-62-59-56-53-50-47-44-41-30-27-24-21-18-15-12-9-6-3)79-73(76)67-64-61-58-55-52-49-46-43-40-37-34-32-29-26-23-20-17-14-11-8-5-2/h7,9-10,12,16,18-19,21,23,25-28,30,32-35,38-39,45,48,54,57,70H,4-6,8,11,13-15,17,20,22,24,29,31,36-37,40-44,46-47,49-53,55-56,58-69H2,1-3H3/b10-7-,12-9-,19-16-,21-18-,26-23-,28-25-,30-27-,34-32-,35-33-,39-38-,48-45-,57-54-. The van der Waals surface area contributed by atoms with Crippen LogP contribution in [0, 0.1) is 0 Å². The van der Waals surface area contributed by atoms with Crippen LogP contribution in [0.2, 0.25) is 0 Å². The highest BCUT2D eigenvalue weighted by Crippen LogP contribution is 2.15. The first-order chi connectivity index (χ1) is 39.0. The smallest absolute Gasteiger partial charge is 0.306 e. The highest BCUT2D eigenvalue weighted by molar-refractivity contribution is 5.71. The quantitative estimate of drug-likeness (QED) is 0.0261. The average molecular weight is 1090 g/mol. The Hall–Kier alpha value is -4.71. The number of ether oxygens (including phenoxy) is 3. The third-order valence-corrected chi connectivity index (χ3v) is 13.3. The summed E-state index contributed by atoms with van der Waals surface area (Å²) < 4.78 is 16.9. The van der Waals surface area contributed by atoms with Crippen LogP contribution in [0.3, 0.4) is 0 Å². The summed E-state index contributed by atoms with van der Waals surface area (Å²) in [4.78, 5) is 38.4. The SMILES string of the molecule is CC/C=C\C/C=C\C/C=C\C/C=C\C/C=C\C/C=C\C/C=C\CCCC(=O)OCC(COC(=O)CCCCCCCCC/C=C\C/C=C\C/C=C\CC)OC(=O)CCCCCCCCCCC/C=C\C/C=C\CCCCCCC. The Bertz CT molecular complexity index is 1730. The molecular formula is C73H118O6. The third kappa shape index (κ3) is 64.0. The Kier molecular flexibility index (Phi) is 61.9. The molecule has 0 rings (SSSR count). The summed E-state index contributed by atoms with van der Waals surface area (Å²) in [7, 11) is 0. The van der Waals surface area contributed by atoms with E-state index in [0.717, 1.165) is 122 Å². The van der Waals surface area contributed by atoms with Crippen molar-refractivity contribution >= 4 is 17.9 Å². The topological polar surface area (TPSA) is 78.9 Å². The minimum atomic E-state index is -0.816. The first-order valence-electron chi connectivity index (χ1n) is 32.3. The summed E-state index contributed by atoms with van der Waals surface area (Å²) in [6.45, 7) is 6.35. The van der Waals surface area contributed by atoms with Crippen LogP contribution in [-0.4, -0.2) is 37.2 Å². The summed E-state index contributed by atoms with van der Waals surface area (Å²) in [6.07, 6.45) is 94.2. The van der Waals surface area contributed by atoms with Gasteiger partial charge in [-0.25, -0.2) is 0 Å². The summed E-state index contributed by atoms with van der Waals surface area (Å²) >= 11 is 0. The van der Waals surface area contributed by atoms with Crippen LogP contribution < -0.4 is 0 Å². The fourth-order valence-corrected chi connectivity index (χ4v) is 8.54. The molecule has 0 saturated heterocycles. The van der Waals surface area contributed by atoms with Crippen molar-refractivity contribution in [2.24, 2.45) is 0 Å². The van der Waals surface area contributed by atoms with E-state index in [0.29, 0.717) is 19.3 Å². The van der Waals surface area contributed by atoms with Crippen LogP contribution in [0.5, 0.6) is 0 Å². The lowest BCUT2D eigenvalue weighted by Gasteiger charge is -2.18. The largest absolute Gasteiger partial charge is 0.462 e. The van der Waals surface area contributed by atoms with Gasteiger partial charge in [-0.2, -0.15) is 0 Å². The summed E-state index contributed by atoms with van der Waals surface area (Å²) in [5.41, 5.74) is 0. The highest BCUT2D eigenvalue weighted by Gasteiger charge is 2.19. The molecule has 0 N–H and O–H groups in total. The Morgan fingerprint density at radius 3 is 0.823 bits per heavy atom. The second-order valence-electron chi connectivity index (χ2n) is 20.9. The molecule has 0 saturated carbocycles. The van der Waals surface area contributed by atoms with Crippen molar-refractivity contribution in [1.82, 2.24) is 0 Å². The Balaban J connectivity index is 4.52. The molecule has 1 atom stereocenters. The minimum absolute atomic E-state index is 0.108. The van der Waals surface area contributed by atoms with Gasteiger partial charge in [-0.3, -0.25) is 14.4 Å². The van der Waals surface area contributed by atoms with Crippen molar-refractivity contribution in [2.75, 3.05) is 13.2 Å². The van der Waals surface area contributed by atoms with E-state index >= 15 is 0 Å². The highest BCUT2D eigenvalue weighted by atomic mass is 16.6. The van der Waals surface area contributed by atoms with Crippen LogP contribution in [-0.2, 0) is 28.6 Å². The van der Waals surface area contributed by atoms with Gasteiger partial charge < -0.3 is 14.2 Å². The van der Waals surface area contributed by atoms with Crippen molar-refractivity contribution in [2.45, 2.75) is 284 Å². The van der Waals surface area contributed by atoms with Crippen molar-refractivity contribution in [3.63, 3.8) is 0 Å². The van der Waals surface area contributed by atoms with Gasteiger partial charge in [0.1, 0.15) is 13.2 Å². The Morgan fingerprint density at radius 2 is 0.506 bits per heavy atom. The first-order valence-corrected chi connectivity index (χ1v) is 32.3. The van der Waals surface area contributed by atoms with Gasteiger partial charge in [-0.1, -0.05) is 269 Å². The van der Waals surface area contributed by atoms with Gasteiger partial charge in [0.2, 0.25) is 0 Å². The molecule has 0 aromatic heterocycles. The van der Waals surface area contributed by atoms with E-state index in [-0.39, 0.29) is 37.5 Å². The normalized spacial score (nSPS) is 13.1. The molecule has 0 radical (unpaired) electrons. The van der Waals surface area contributed by atoms with Gasteiger partial charge in [-0.05, 0) is 135 Å². The number of esters is 3. The predicted octanol–water partition coefficient (Wildman–Crippen LogP) is 22.3. The zero-order chi connectivity index (χ0) is 57.1. The van der Waals surface area contributed by atoms with Gasteiger partial charge >= 0.3 is 17.9 Å². The van der Waals surface area contributed by atoms with E-state index in [1.54, 1.807) is 0 Å². The van der Waals surface area contributed by atoms with Crippen molar-refractivity contribution < 1.29 is 28.6 Å². The molecule has 6 nitrogen and oxygen atoms in total. The van der Waals surface area contributed by atoms with Crippen molar-refractivity contribution in [3.8, 4) is 0 Å². The number of carbonyl (C=O) groups is 3. The predicted molar refractivity (Wildman–Crippen MR) is 343 cm³/mol. The molecule has 1 unspecified atom stereocenters. The maximum absolute atomic E-state index is 12.9. The lowest BCUT2D eigenvalue weighted by atomic mass is 10.1. The van der Waals surface area contributed by atoms with Crippen LogP contribution in [0.25, 0.3) is 0 Å². The summed E-state index contributed by atoms with van der Waals surface area (Å²) in [6, 6.07) is 0. The number of carbonyl (C=O) groups excluding carboxylic acids is 3. The fourth-order valence-electron chi connectivity index (χ4n) is 8.54. The molecular weight excluding hydrogens is 973 g/mol. The van der Waals surface area contributed by atoms with Gasteiger partial charge in [0.05, 0.1) is 0 Å². The molecule has 0 bridgehead atoms. The molecule has 0 aliphatic carbocycles. The Labute approximate surface area is 487 Å². The number of hydrogen-bond donors (Lipinski definition) is 0. The minimum Gasteiger partial charge on any atom is -0.462 e. The van der Waals surface area contributed by atoms with Gasteiger partial charge in [0.25, 0.3) is 0 Å². The molecule has 0 aliphatic heterocycles. The second-order valence-corrected chi connectivity index (χ2v) is 20.9. The zero-order valence-electron chi connectivity index (χ0n) is 51.1. The number of hydrogen-bond acceptors (Lipinski definition) is 6. The number of unbranched alkanes of at least 4 members (excludes halogenated alkanes) is 22. The van der Waals surface area contributed by atoms with E-state index in [9.17, 15) is 14.4 Å². The lowest BCUT2D eigenvalue weighted by molar-refractivity contribution is -0.167. The molecule has 0 fully saturated rings.